The molecule has 0 amide bonds. The number of rotatable bonds is 6. The topological polar surface area (TPSA) is 93.3 Å². The summed E-state index contributed by atoms with van der Waals surface area (Å²) in [5.41, 5.74) is 1.85. The Morgan fingerprint density at radius 2 is 1.74 bits per heavy atom. The first-order valence-corrected chi connectivity index (χ1v) is 12.6. The van der Waals surface area contributed by atoms with E-state index in [9.17, 15) is 8.42 Å². The molecule has 162 valence electrons. The van der Waals surface area contributed by atoms with Gasteiger partial charge in [-0.05, 0) is 60.9 Å². The van der Waals surface area contributed by atoms with Gasteiger partial charge in [-0.1, -0.05) is 47.7 Å². The highest BCUT2D eigenvalue weighted by Gasteiger charge is 2.21. The fraction of sp³-hybridized carbons (Fsp3) is 0.333. The molecule has 10 heteroatoms. The molecular formula is C21H24N6O2S2. The summed E-state index contributed by atoms with van der Waals surface area (Å²) in [6, 6.07) is 16.4. The van der Waals surface area contributed by atoms with Gasteiger partial charge in [0.05, 0.1) is 16.3 Å². The third-order valence-electron chi connectivity index (χ3n) is 5.04. The number of tetrazole rings is 1. The molecule has 0 spiro atoms. The molecule has 2 aromatic carbocycles. The lowest BCUT2D eigenvalue weighted by Crippen LogP contribution is -2.37. The first-order valence-electron chi connectivity index (χ1n) is 10.1. The Balaban J connectivity index is 1.60. The maximum Gasteiger partial charge on any atom is 0.283 e. The lowest BCUT2D eigenvalue weighted by atomic mass is 10.1. The molecule has 4 rings (SSSR count). The van der Waals surface area contributed by atoms with Gasteiger partial charge in [-0.15, -0.1) is 9.50 Å². The molecule has 1 aliphatic heterocycles. The van der Waals surface area contributed by atoms with Crippen LogP contribution in [0.4, 0.5) is 0 Å². The zero-order valence-electron chi connectivity index (χ0n) is 17.3. The minimum absolute atomic E-state index is 0.201. The van der Waals surface area contributed by atoms with Crippen LogP contribution in [-0.2, 0) is 10.0 Å². The molecule has 0 saturated carbocycles. The number of hydrogen-bond acceptors (Lipinski definition) is 6. The van der Waals surface area contributed by atoms with Crippen LogP contribution in [0, 0.1) is 6.92 Å². The molecule has 31 heavy (non-hydrogen) atoms. The predicted octanol–water partition coefficient (Wildman–Crippen LogP) is 3.34. The second-order valence-electron chi connectivity index (χ2n) is 7.34. The van der Waals surface area contributed by atoms with Crippen LogP contribution in [0.1, 0.15) is 24.8 Å². The lowest BCUT2D eigenvalue weighted by Gasteiger charge is -2.29. The van der Waals surface area contributed by atoms with Crippen molar-refractivity contribution >= 4 is 27.6 Å². The van der Waals surface area contributed by atoms with Crippen molar-refractivity contribution < 1.29 is 8.42 Å². The highest BCUT2D eigenvalue weighted by Crippen LogP contribution is 2.22. The number of hydrogen-bond donors (Lipinski definition) is 0. The molecule has 8 nitrogen and oxygen atoms in total. The van der Waals surface area contributed by atoms with Gasteiger partial charge in [0.2, 0.25) is 5.16 Å². The van der Waals surface area contributed by atoms with Crippen molar-refractivity contribution in [2.24, 2.45) is 4.40 Å². The van der Waals surface area contributed by atoms with Crippen LogP contribution in [0.15, 0.2) is 69.0 Å². The summed E-state index contributed by atoms with van der Waals surface area (Å²) in [6.45, 7) is 3.52. The Morgan fingerprint density at radius 3 is 2.45 bits per heavy atom. The smallest absolute Gasteiger partial charge is 0.283 e. The van der Waals surface area contributed by atoms with Crippen molar-refractivity contribution in [1.29, 1.82) is 0 Å². The van der Waals surface area contributed by atoms with Crippen molar-refractivity contribution in [1.82, 2.24) is 25.1 Å². The molecule has 1 saturated heterocycles. The average molecular weight is 457 g/mol. The number of aryl methyl sites for hydroxylation is 1. The molecule has 2 heterocycles. The second-order valence-corrected chi connectivity index (χ2v) is 9.89. The molecule has 1 aromatic heterocycles. The first kappa shape index (κ1) is 21.5. The summed E-state index contributed by atoms with van der Waals surface area (Å²) in [6.07, 6.45) is 3.19. The molecule has 0 atom stereocenters. The number of thioether (sulfide) groups is 1. The van der Waals surface area contributed by atoms with E-state index in [0.717, 1.165) is 43.6 Å². The maximum absolute atomic E-state index is 13.0. The van der Waals surface area contributed by atoms with Crippen molar-refractivity contribution in [2.75, 3.05) is 18.8 Å². The van der Waals surface area contributed by atoms with Crippen LogP contribution in [0.5, 0.6) is 0 Å². The fourth-order valence-electron chi connectivity index (χ4n) is 3.36. The number of sulfonamides is 1. The first-order chi connectivity index (χ1) is 15.0. The highest BCUT2D eigenvalue weighted by molar-refractivity contribution is 7.99. The van der Waals surface area contributed by atoms with Gasteiger partial charge in [0.15, 0.2) is 0 Å². The van der Waals surface area contributed by atoms with Gasteiger partial charge in [-0.25, -0.2) is 0 Å². The second kappa shape index (κ2) is 9.61. The summed E-state index contributed by atoms with van der Waals surface area (Å²) in [5.74, 6) is 0.895. The third kappa shape index (κ3) is 5.31. The highest BCUT2D eigenvalue weighted by atomic mass is 32.2. The van der Waals surface area contributed by atoms with Crippen LogP contribution in [0.3, 0.4) is 0 Å². The van der Waals surface area contributed by atoms with E-state index in [1.807, 2.05) is 37.3 Å². The van der Waals surface area contributed by atoms with Gasteiger partial charge in [0.25, 0.3) is 10.0 Å². The number of aromatic nitrogens is 4. The van der Waals surface area contributed by atoms with E-state index in [1.165, 1.54) is 11.8 Å². The van der Waals surface area contributed by atoms with E-state index in [2.05, 4.69) is 24.8 Å². The number of piperidine rings is 1. The molecule has 3 aromatic rings. The Morgan fingerprint density at radius 1 is 1.03 bits per heavy atom. The number of nitrogens with zero attached hydrogens (tertiary/aromatic N) is 6. The van der Waals surface area contributed by atoms with E-state index in [1.54, 1.807) is 28.9 Å². The van der Waals surface area contributed by atoms with Crippen LogP contribution in [0.25, 0.3) is 5.69 Å². The predicted molar refractivity (Wildman–Crippen MR) is 121 cm³/mol. The molecule has 0 unspecified atom stereocenters. The normalized spacial score (nSPS) is 15.3. The number of benzene rings is 2. The van der Waals surface area contributed by atoms with Crippen molar-refractivity contribution in [3.63, 3.8) is 0 Å². The quantitative estimate of drug-likeness (QED) is 0.319. The summed E-state index contributed by atoms with van der Waals surface area (Å²) in [5, 5.41) is 12.6. The summed E-state index contributed by atoms with van der Waals surface area (Å²) in [4.78, 5) is 2.27. The van der Waals surface area contributed by atoms with Crippen molar-refractivity contribution in [2.45, 2.75) is 36.2 Å². The lowest BCUT2D eigenvalue weighted by molar-refractivity contribution is 0.341. The van der Waals surface area contributed by atoms with Crippen molar-refractivity contribution in [3.05, 3.63) is 60.2 Å². The van der Waals surface area contributed by atoms with E-state index >= 15 is 0 Å². The zero-order valence-corrected chi connectivity index (χ0v) is 18.9. The Hall–Kier alpha value is -2.72. The van der Waals surface area contributed by atoms with E-state index in [0.29, 0.717) is 16.7 Å². The SMILES string of the molecule is Cc1ccc(S(=O)(=O)N=C(CSc2nnnn2-c2ccccc2)N2CCCCC2)cc1. The Kier molecular flexibility index (Phi) is 6.67. The summed E-state index contributed by atoms with van der Waals surface area (Å²) < 4.78 is 31.9. The molecule has 1 aliphatic rings. The molecule has 0 N–H and O–H groups in total. The van der Waals surface area contributed by atoms with Gasteiger partial charge in [0.1, 0.15) is 5.84 Å². The molecule has 0 aliphatic carbocycles. The Labute approximate surface area is 186 Å². The van der Waals surface area contributed by atoms with Crippen LogP contribution >= 0.6 is 11.8 Å². The minimum atomic E-state index is -3.80. The van der Waals surface area contributed by atoms with Gasteiger partial charge >= 0.3 is 0 Å². The van der Waals surface area contributed by atoms with E-state index < -0.39 is 10.0 Å². The zero-order chi connectivity index (χ0) is 21.7. The fourth-order valence-corrected chi connectivity index (χ4v) is 5.35. The van der Waals surface area contributed by atoms with Gasteiger partial charge in [-0.3, -0.25) is 0 Å². The van der Waals surface area contributed by atoms with Crippen molar-refractivity contribution in [3.8, 4) is 5.69 Å². The van der Waals surface area contributed by atoms with E-state index in [4.69, 9.17) is 0 Å². The van der Waals surface area contributed by atoms with Gasteiger partial charge in [0, 0.05) is 13.1 Å². The van der Waals surface area contributed by atoms with Crippen LogP contribution in [0.2, 0.25) is 0 Å². The minimum Gasteiger partial charge on any atom is -0.359 e. The number of amidine groups is 1. The Bertz CT molecular complexity index is 1140. The molecule has 0 radical (unpaired) electrons. The maximum atomic E-state index is 13.0. The summed E-state index contributed by atoms with van der Waals surface area (Å²) >= 11 is 1.38. The van der Waals surface area contributed by atoms with Gasteiger partial charge in [-0.2, -0.15) is 13.1 Å². The third-order valence-corrected chi connectivity index (χ3v) is 7.27. The average Bonchev–Trinajstić information content (AvgIpc) is 3.27. The van der Waals surface area contributed by atoms with E-state index in [-0.39, 0.29) is 4.90 Å². The standard InChI is InChI=1S/C21H24N6O2S2/c1-17-10-12-19(13-11-17)31(28,29)23-20(26-14-6-3-7-15-26)16-30-21-22-24-25-27(21)18-8-4-2-5-9-18/h2,4-5,8-13H,3,6-7,14-16H2,1H3. The largest absolute Gasteiger partial charge is 0.359 e. The monoisotopic (exact) mass is 456 g/mol. The van der Waals surface area contributed by atoms with Gasteiger partial charge < -0.3 is 4.90 Å². The molecule has 0 bridgehead atoms. The number of para-hydroxylation sites is 1. The molecular weight excluding hydrogens is 432 g/mol. The van der Waals surface area contributed by atoms with Crippen LogP contribution < -0.4 is 0 Å². The molecule has 1 fully saturated rings. The summed E-state index contributed by atoms with van der Waals surface area (Å²) in [7, 11) is -3.80. The number of likely N-dealkylation sites (tertiary alicyclic amines) is 1. The van der Waals surface area contributed by atoms with Crippen LogP contribution in [-0.4, -0.2) is 58.2 Å².